The van der Waals surface area contributed by atoms with Gasteiger partial charge in [-0.15, -0.1) is 21.5 Å². The van der Waals surface area contributed by atoms with Crippen LogP contribution < -0.4 is 9.47 Å². The molecule has 1 aliphatic carbocycles. The fourth-order valence-corrected chi connectivity index (χ4v) is 5.25. The predicted octanol–water partition coefficient (Wildman–Crippen LogP) is 4.63. The molecule has 1 aromatic carbocycles. The molecule has 144 valence electrons. The van der Waals surface area contributed by atoms with Gasteiger partial charge < -0.3 is 13.9 Å². The van der Waals surface area contributed by atoms with Crippen molar-refractivity contribution in [3.63, 3.8) is 0 Å². The summed E-state index contributed by atoms with van der Waals surface area (Å²) in [6.45, 7) is 2.48. The Hall–Kier alpha value is -2.32. The number of thiophene rings is 1. The summed E-state index contributed by atoms with van der Waals surface area (Å²) in [7, 11) is 0. The zero-order chi connectivity index (χ0) is 19.1. The highest BCUT2D eigenvalue weighted by molar-refractivity contribution is 7.99. The highest BCUT2D eigenvalue weighted by atomic mass is 32.2. The summed E-state index contributed by atoms with van der Waals surface area (Å²) >= 11 is 2.99. The van der Waals surface area contributed by atoms with Gasteiger partial charge in [-0.05, 0) is 55.0 Å². The van der Waals surface area contributed by atoms with E-state index in [0.29, 0.717) is 28.2 Å². The number of hydrogen-bond donors (Lipinski definition) is 0. The van der Waals surface area contributed by atoms with Crippen molar-refractivity contribution in [1.29, 1.82) is 0 Å². The standard InChI is InChI=1S/C20H18N2O4S2/c1-11-2-5-17-13(6-11)8-18(28-17)19-21-22-20(26-19)27-9-14(23)12-3-4-15-16(7-12)25-10-24-15/h3-4,7-8,11H,2,5-6,9-10H2,1H3. The third-order valence-corrected chi connectivity index (χ3v) is 7.01. The van der Waals surface area contributed by atoms with Crippen molar-refractivity contribution in [1.82, 2.24) is 10.2 Å². The van der Waals surface area contributed by atoms with Crippen molar-refractivity contribution in [3.8, 4) is 22.3 Å². The summed E-state index contributed by atoms with van der Waals surface area (Å²) in [6.07, 6.45) is 3.48. The van der Waals surface area contributed by atoms with Gasteiger partial charge in [0.25, 0.3) is 11.1 Å². The molecule has 3 heterocycles. The Morgan fingerprint density at radius 1 is 1.25 bits per heavy atom. The molecule has 1 atom stereocenters. The quantitative estimate of drug-likeness (QED) is 0.445. The molecule has 0 N–H and O–H groups in total. The van der Waals surface area contributed by atoms with Crippen LogP contribution in [0, 0.1) is 5.92 Å². The Morgan fingerprint density at radius 2 is 2.14 bits per heavy atom. The maximum absolute atomic E-state index is 12.5. The van der Waals surface area contributed by atoms with E-state index in [1.807, 2.05) is 0 Å². The third kappa shape index (κ3) is 3.42. The number of ketones is 1. The van der Waals surface area contributed by atoms with E-state index in [-0.39, 0.29) is 18.3 Å². The van der Waals surface area contributed by atoms with Crippen LogP contribution >= 0.6 is 23.1 Å². The molecule has 1 unspecified atom stereocenters. The van der Waals surface area contributed by atoms with E-state index in [2.05, 4.69) is 23.2 Å². The van der Waals surface area contributed by atoms with Crippen LogP contribution in [-0.2, 0) is 12.8 Å². The summed E-state index contributed by atoms with van der Waals surface area (Å²) in [5.41, 5.74) is 1.99. The fourth-order valence-electron chi connectivity index (χ4n) is 3.46. The molecule has 2 aromatic heterocycles. The number of benzene rings is 1. The van der Waals surface area contributed by atoms with Gasteiger partial charge in [-0.3, -0.25) is 4.79 Å². The summed E-state index contributed by atoms with van der Waals surface area (Å²) < 4.78 is 16.4. The topological polar surface area (TPSA) is 74.5 Å². The second kappa shape index (κ2) is 7.25. The van der Waals surface area contributed by atoms with Crippen LogP contribution in [0.25, 0.3) is 10.8 Å². The number of aromatic nitrogens is 2. The van der Waals surface area contributed by atoms with Gasteiger partial charge in [-0.2, -0.15) is 0 Å². The molecule has 28 heavy (non-hydrogen) atoms. The van der Waals surface area contributed by atoms with Crippen molar-refractivity contribution in [2.24, 2.45) is 5.92 Å². The molecule has 0 saturated carbocycles. The first-order chi connectivity index (χ1) is 13.7. The molecular weight excluding hydrogens is 396 g/mol. The first-order valence-electron chi connectivity index (χ1n) is 9.17. The monoisotopic (exact) mass is 414 g/mol. The molecule has 0 radical (unpaired) electrons. The average Bonchev–Trinajstić information content (AvgIpc) is 3.43. The Labute approximate surface area is 170 Å². The molecule has 8 heteroatoms. The minimum absolute atomic E-state index is 0.0244. The number of aryl methyl sites for hydroxylation is 1. The summed E-state index contributed by atoms with van der Waals surface area (Å²) in [6, 6.07) is 7.38. The molecule has 3 aromatic rings. The van der Waals surface area contributed by atoms with Gasteiger partial charge >= 0.3 is 0 Å². The van der Waals surface area contributed by atoms with Crippen LogP contribution in [-0.4, -0.2) is 28.5 Å². The molecule has 0 bridgehead atoms. The van der Waals surface area contributed by atoms with Crippen molar-refractivity contribution >= 4 is 28.9 Å². The molecule has 0 fully saturated rings. The molecule has 5 rings (SSSR count). The molecule has 0 saturated heterocycles. The van der Waals surface area contributed by atoms with Gasteiger partial charge in [-0.1, -0.05) is 18.7 Å². The zero-order valence-corrected chi connectivity index (χ0v) is 16.9. The van der Waals surface area contributed by atoms with E-state index in [9.17, 15) is 4.79 Å². The number of fused-ring (bicyclic) bond motifs is 2. The maximum atomic E-state index is 12.5. The average molecular weight is 415 g/mol. The lowest BCUT2D eigenvalue weighted by molar-refractivity contribution is 0.102. The van der Waals surface area contributed by atoms with Gasteiger partial charge in [0.15, 0.2) is 17.3 Å². The van der Waals surface area contributed by atoms with Crippen LogP contribution in [0.4, 0.5) is 0 Å². The van der Waals surface area contributed by atoms with Crippen molar-refractivity contribution < 1.29 is 18.7 Å². The molecule has 2 aliphatic rings. The SMILES string of the molecule is CC1CCc2sc(-c3nnc(SCC(=O)c4ccc5c(c4)OCO5)o3)cc2C1. The zero-order valence-electron chi connectivity index (χ0n) is 15.3. The number of ether oxygens (including phenoxy) is 2. The van der Waals surface area contributed by atoms with Gasteiger partial charge in [0.2, 0.25) is 6.79 Å². The van der Waals surface area contributed by atoms with Crippen LogP contribution in [0.2, 0.25) is 0 Å². The third-order valence-electron chi connectivity index (χ3n) is 4.97. The lowest BCUT2D eigenvalue weighted by Crippen LogP contribution is -2.07. The number of hydrogen-bond acceptors (Lipinski definition) is 8. The smallest absolute Gasteiger partial charge is 0.277 e. The number of thioether (sulfide) groups is 1. The Morgan fingerprint density at radius 3 is 3.07 bits per heavy atom. The van der Waals surface area contributed by atoms with Crippen molar-refractivity contribution in [3.05, 3.63) is 40.3 Å². The normalized spacial score (nSPS) is 17.5. The highest BCUT2D eigenvalue weighted by Crippen LogP contribution is 2.37. The second-order valence-electron chi connectivity index (χ2n) is 7.06. The first kappa shape index (κ1) is 17.8. The number of Topliss-reactive ketones (excluding diaryl/α,β-unsaturated/α-hetero) is 1. The van der Waals surface area contributed by atoms with Crippen LogP contribution in [0.1, 0.15) is 34.1 Å². The second-order valence-corrected chi connectivity index (χ2v) is 9.12. The fraction of sp³-hybridized carbons (Fsp3) is 0.350. The van der Waals surface area contributed by atoms with E-state index in [0.717, 1.165) is 23.6 Å². The maximum Gasteiger partial charge on any atom is 0.277 e. The van der Waals surface area contributed by atoms with Crippen LogP contribution in [0.3, 0.4) is 0 Å². The minimum Gasteiger partial charge on any atom is -0.454 e. The van der Waals surface area contributed by atoms with Crippen molar-refractivity contribution in [2.75, 3.05) is 12.5 Å². The molecule has 6 nitrogen and oxygen atoms in total. The van der Waals surface area contributed by atoms with E-state index in [4.69, 9.17) is 13.9 Å². The number of nitrogens with zero attached hydrogens (tertiary/aromatic N) is 2. The van der Waals surface area contributed by atoms with E-state index in [1.165, 1.54) is 28.6 Å². The molecule has 1 aliphatic heterocycles. The van der Waals surface area contributed by atoms with E-state index < -0.39 is 0 Å². The largest absolute Gasteiger partial charge is 0.454 e. The highest BCUT2D eigenvalue weighted by Gasteiger charge is 2.21. The Bertz CT molecular complexity index is 1040. The van der Waals surface area contributed by atoms with Crippen molar-refractivity contribution in [2.45, 2.75) is 31.4 Å². The number of carbonyl (C=O) groups excluding carboxylic acids is 1. The molecule has 0 spiro atoms. The minimum atomic E-state index is -0.0244. The van der Waals surface area contributed by atoms with Gasteiger partial charge in [-0.25, -0.2) is 0 Å². The lowest BCUT2D eigenvalue weighted by atomic mass is 9.90. The van der Waals surface area contributed by atoms with Gasteiger partial charge in [0, 0.05) is 10.4 Å². The van der Waals surface area contributed by atoms with Crippen LogP contribution in [0.15, 0.2) is 33.9 Å². The lowest BCUT2D eigenvalue weighted by Gasteiger charge is -2.16. The molecule has 0 amide bonds. The Kier molecular flexibility index (Phi) is 4.60. The number of carbonyl (C=O) groups is 1. The molecular formula is C20H18N2O4S2. The summed E-state index contributed by atoms with van der Waals surface area (Å²) in [5.74, 6) is 2.73. The number of rotatable bonds is 5. The summed E-state index contributed by atoms with van der Waals surface area (Å²) in [5, 5.41) is 8.67. The van der Waals surface area contributed by atoms with E-state index >= 15 is 0 Å². The van der Waals surface area contributed by atoms with Gasteiger partial charge in [0.1, 0.15) is 0 Å². The summed E-state index contributed by atoms with van der Waals surface area (Å²) in [4.78, 5) is 14.9. The first-order valence-corrected chi connectivity index (χ1v) is 11.0. The van der Waals surface area contributed by atoms with Crippen LogP contribution in [0.5, 0.6) is 11.5 Å². The predicted molar refractivity (Wildman–Crippen MR) is 106 cm³/mol. The Balaban J connectivity index is 1.25. The van der Waals surface area contributed by atoms with Gasteiger partial charge in [0.05, 0.1) is 10.6 Å². The van der Waals surface area contributed by atoms with E-state index in [1.54, 1.807) is 29.5 Å².